The number of rotatable bonds is 17. The Morgan fingerprint density at radius 2 is 1.49 bits per heavy atom. The third-order valence-corrected chi connectivity index (χ3v) is 10.5. The molecule has 0 radical (unpaired) electrons. The van der Waals surface area contributed by atoms with Gasteiger partial charge in [0.05, 0.1) is 30.8 Å². The second kappa shape index (κ2) is 19.5. The van der Waals surface area contributed by atoms with Crippen molar-refractivity contribution in [2.45, 2.75) is 140 Å². The number of pyridine rings is 1. The van der Waals surface area contributed by atoms with Crippen LogP contribution in [-0.4, -0.2) is 102 Å². The summed E-state index contributed by atoms with van der Waals surface area (Å²) in [6.07, 6.45) is 13.1. The first-order valence-electron chi connectivity index (χ1n) is 19.7. The molecule has 4 N–H and O–H groups in total. The quantitative estimate of drug-likeness (QED) is 0.174. The Labute approximate surface area is 313 Å². The van der Waals surface area contributed by atoms with Crippen molar-refractivity contribution in [3.05, 3.63) is 30.1 Å². The number of ether oxygens (including phenoxy) is 3. The first-order chi connectivity index (χ1) is 25.5. The van der Waals surface area contributed by atoms with Gasteiger partial charge in [0, 0.05) is 69.5 Å². The number of carbonyl (C=O) groups excluding carboxylic acids is 5. The van der Waals surface area contributed by atoms with Crippen LogP contribution in [0.4, 0.5) is 4.79 Å². The third-order valence-electron chi connectivity index (χ3n) is 10.5. The molecule has 5 amide bonds. The maximum absolute atomic E-state index is 13.2. The second-order valence-electron chi connectivity index (χ2n) is 15.9. The van der Waals surface area contributed by atoms with E-state index < -0.39 is 17.6 Å². The maximum Gasteiger partial charge on any atom is 0.407 e. The van der Waals surface area contributed by atoms with Gasteiger partial charge in [-0.25, -0.2) is 4.79 Å². The van der Waals surface area contributed by atoms with E-state index in [2.05, 4.69) is 26.3 Å². The summed E-state index contributed by atoms with van der Waals surface area (Å²) < 4.78 is 17.4. The molecule has 4 aliphatic rings. The zero-order valence-electron chi connectivity index (χ0n) is 31.7. The van der Waals surface area contributed by atoms with Gasteiger partial charge in [0.2, 0.25) is 23.6 Å². The minimum absolute atomic E-state index is 0.0166. The van der Waals surface area contributed by atoms with E-state index in [0.29, 0.717) is 45.7 Å². The smallest absolute Gasteiger partial charge is 0.407 e. The summed E-state index contributed by atoms with van der Waals surface area (Å²) >= 11 is 0. The molecule has 0 bridgehead atoms. The number of alkyl carbamates (subject to hydrolysis) is 1. The lowest BCUT2D eigenvalue weighted by Gasteiger charge is -2.29. The topological polar surface area (TPSA) is 177 Å². The van der Waals surface area contributed by atoms with Crippen molar-refractivity contribution in [3.8, 4) is 0 Å². The van der Waals surface area contributed by atoms with E-state index in [1.807, 2.05) is 17.0 Å². The molecule has 14 heteroatoms. The molecule has 2 heterocycles. The number of hydrogen-bond donors (Lipinski definition) is 4. The van der Waals surface area contributed by atoms with Gasteiger partial charge in [0.15, 0.2) is 0 Å². The predicted octanol–water partition coefficient (Wildman–Crippen LogP) is 3.69. The lowest BCUT2D eigenvalue weighted by atomic mass is 9.85. The van der Waals surface area contributed by atoms with Crippen LogP contribution in [0.3, 0.4) is 0 Å². The molecule has 4 fully saturated rings. The van der Waals surface area contributed by atoms with Crippen LogP contribution >= 0.6 is 0 Å². The monoisotopic (exact) mass is 740 g/mol. The van der Waals surface area contributed by atoms with E-state index >= 15 is 0 Å². The molecule has 14 nitrogen and oxygen atoms in total. The van der Waals surface area contributed by atoms with Gasteiger partial charge in [-0.15, -0.1) is 0 Å². The number of amides is 5. The van der Waals surface area contributed by atoms with Gasteiger partial charge in [-0.1, -0.05) is 6.07 Å². The Bertz CT molecular complexity index is 1370. The van der Waals surface area contributed by atoms with E-state index in [4.69, 9.17) is 14.2 Å². The first-order valence-corrected chi connectivity index (χ1v) is 19.7. The molecule has 3 saturated carbocycles. The van der Waals surface area contributed by atoms with Gasteiger partial charge in [0.1, 0.15) is 5.60 Å². The largest absolute Gasteiger partial charge is 0.444 e. The van der Waals surface area contributed by atoms with Crippen LogP contribution in [0.25, 0.3) is 0 Å². The van der Waals surface area contributed by atoms with Crippen LogP contribution < -0.4 is 21.3 Å². The van der Waals surface area contributed by atoms with Gasteiger partial charge in [-0.2, -0.15) is 0 Å². The zero-order valence-corrected chi connectivity index (χ0v) is 31.7. The fourth-order valence-corrected chi connectivity index (χ4v) is 7.71. The van der Waals surface area contributed by atoms with Crippen LogP contribution in [-0.2, 0) is 33.4 Å². The number of aromatic nitrogens is 1. The van der Waals surface area contributed by atoms with Crippen molar-refractivity contribution >= 4 is 29.7 Å². The van der Waals surface area contributed by atoms with E-state index in [0.717, 1.165) is 69.8 Å². The summed E-state index contributed by atoms with van der Waals surface area (Å²) in [6.45, 7) is 7.39. The molecular weight excluding hydrogens is 680 g/mol. The Morgan fingerprint density at radius 1 is 0.830 bits per heavy atom. The van der Waals surface area contributed by atoms with E-state index in [1.54, 1.807) is 33.2 Å². The minimum Gasteiger partial charge on any atom is -0.444 e. The Morgan fingerprint density at radius 3 is 2.13 bits per heavy atom. The summed E-state index contributed by atoms with van der Waals surface area (Å²) in [4.78, 5) is 69.0. The molecule has 1 saturated heterocycles. The summed E-state index contributed by atoms with van der Waals surface area (Å²) in [5.41, 5.74) is 0.343. The Kier molecular flexibility index (Phi) is 14.9. The van der Waals surface area contributed by atoms with E-state index in [9.17, 15) is 24.0 Å². The van der Waals surface area contributed by atoms with Crippen molar-refractivity contribution in [2.24, 2.45) is 11.8 Å². The van der Waals surface area contributed by atoms with Crippen LogP contribution in [0.5, 0.6) is 0 Å². The van der Waals surface area contributed by atoms with Crippen molar-refractivity contribution in [1.29, 1.82) is 0 Å². The highest BCUT2D eigenvalue weighted by molar-refractivity contribution is 5.90. The maximum atomic E-state index is 13.2. The van der Waals surface area contributed by atoms with Crippen LogP contribution in [0.1, 0.15) is 116 Å². The van der Waals surface area contributed by atoms with Gasteiger partial charge in [-0.3, -0.25) is 24.2 Å². The van der Waals surface area contributed by atoms with Crippen LogP contribution in [0, 0.1) is 11.8 Å². The van der Waals surface area contributed by atoms with Gasteiger partial charge >= 0.3 is 6.09 Å². The second-order valence-corrected chi connectivity index (χ2v) is 15.9. The highest BCUT2D eigenvalue weighted by atomic mass is 16.6. The van der Waals surface area contributed by atoms with Crippen molar-refractivity contribution in [2.75, 3.05) is 32.8 Å². The van der Waals surface area contributed by atoms with Crippen molar-refractivity contribution < 1.29 is 38.2 Å². The average molecular weight is 741 g/mol. The molecule has 1 aromatic heterocycles. The molecule has 5 rings (SSSR count). The van der Waals surface area contributed by atoms with Crippen molar-refractivity contribution in [3.63, 3.8) is 0 Å². The molecule has 294 valence electrons. The van der Waals surface area contributed by atoms with E-state index in [1.165, 1.54) is 0 Å². The molecule has 2 atom stereocenters. The molecule has 0 unspecified atom stereocenters. The average Bonchev–Trinajstić information content (AvgIpc) is 3.91. The number of likely N-dealkylation sites (tertiary alicyclic amines) is 1. The fraction of sp³-hybridized carbons (Fsp3) is 0.744. The zero-order chi connectivity index (χ0) is 37.8. The minimum atomic E-state index is -0.566. The SMILES string of the molecule is CC(C)(C)OC(=O)NCCNC(=O)C1CCC(NC(=O)CCCOC2CCC(OCCNC(=O)[C@H]3CC(=O)N(C4CC4)[C@@H]3c3cccnc3)CC2)CC1. The fourth-order valence-electron chi connectivity index (χ4n) is 7.71. The van der Waals surface area contributed by atoms with Gasteiger partial charge in [0.25, 0.3) is 0 Å². The highest BCUT2D eigenvalue weighted by Crippen LogP contribution is 2.44. The summed E-state index contributed by atoms with van der Waals surface area (Å²) in [5.74, 6) is -0.578. The first kappa shape index (κ1) is 40.4. The third kappa shape index (κ3) is 12.9. The molecule has 53 heavy (non-hydrogen) atoms. The summed E-state index contributed by atoms with van der Waals surface area (Å²) in [7, 11) is 0. The lowest BCUT2D eigenvalue weighted by Crippen LogP contribution is -2.42. The number of carbonyl (C=O) groups is 5. The van der Waals surface area contributed by atoms with Gasteiger partial charge in [-0.05, 0) is 103 Å². The molecule has 3 aliphatic carbocycles. The van der Waals surface area contributed by atoms with Crippen LogP contribution in [0.15, 0.2) is 24.5 Å². The number of nitrogens with zero attached hydrogens (tertiary/aromatic N) is 2. The van der Waals surface area contributed by atoms with Crippen molar-refractivity contribution in [1.82, 2.24) is 31.2 Å². The van der Waals surface area contributed by atoms with E-state index in [-0.39, 0.29) is 66.3 Å². The van der Waals surface area contributed by atoms with Gasteiger partial charge < -0.3 is 40.4 Å². The standard InChI is InChI=1S/C39H60N6O8/c1-39(2,3)53-38(50)43-20-19-41-36(48)26-8-10-28(11-9-26)44-33(46)7-5-22-51-30-14-16-31(17-15-30)52-23-21-42-37(49)32-24-34(47)45(29-12-13-29)35(32)27-6-4-18-40-25-27/h4,6,18,25-26,28-32,35H,5,7-17,19-24H2,1-3H3,(H,41,48)(H,42,49)(H,43,50)(H,44,46)/t26?,28?,30?,31?,32-,35+/m0/s1. The van der Waals surface area contributed by atoms with Crippen LogP contribution in [0.2, 0.25) is 0 Å². The Balaban J connectivity index is 0.866. The number of hydrogen-bond acceptors (Lipinski definition) is 9. The molecular formula is C39H60N6O8. The highest BCUT2D eigenvalue weighted by Gasteiger charge is 2.49. The summed E-state index contributed by atoms with van der Waals surface area (Å²) in [6, 6.07) is 3.84. The number of nitrogens with one attached hydrogen (secondary N) is 4. The molecule has 1 aromatic rings. The molecule has 0 spiro atoms. The Hall–Kier alpha value is -3.78. The predicted molar refractivity (Wildman–Crippen MR) is 196 cm³/mol. The normalized spacial score (nSPS) is 26.1. The molecule has 1 aliphatic heterocycles. The summed E-state index contributed by atoms with van der Waals surface area (Å²) in [5, 5.41) is 11.7. The lowest BCUT2D eigenvalue weighted by molar-refractivity contribution is -0.130. The molecule has 0 aromatic carbocycles.